The maximum absolute atomic E-state index is 12.5. The zero-order chi connectivity index (χ0) is 17.9. The molecule has 1 amide bonds. The molecule has 0 radical (unpaired) electrons. The van der Waals surface area contributed by atoms with Crippen molar-refractivity contribution in [3.8, 4) is 0 Å². The zero-order valence-electron chi connectivity index (χ0n) is 12.9. The van der Waals surface area contributed by atoms with Gasteiger partial charge in [0.15, 0.2) is 0 Å². The van der Waals surface area contributed by atoms with Crippen LogP contribution in [0.15, 0.2) is 30.5 Å². The lowest BCUT2D eigenvalue weighted by Crippen LogP contribution is -2.24. The largest absolute Gasteiger partial charge is 0.417 e. The normalized spacial score (nSPS) is 11.4. The number of amides is 1. The van der Waals surface area contributed by atoms with Gasteiger partial charge in [0.2, 0.25) is 0 Å². The van der Waals surface area contributed by atoms with Crippen LogP contribution in [0.4, 0.5) is 13.2 Å². The summed E-state index contributed by atoms with van der Waals surface area (Å²) in [6.45, 7) is 3.42. The van der Waals surface area contributed by atoms with Gasteiger partial charge in [-0.2, -0.15) is 13.2 Å². The lowest BCUT2D eigenvalue weighted by atomic mass is 10.0. The maximum Gasteiger partial charge on any atom is 0.417 e. The number of alkyl halides is 3. The standard InChI is InChI=1S/C16H14ClF3N2O2/c1-9-4-3-5-12(10(9)2)15(23)22-24-8-14-13(17)6-11(7-21-14)16(18,19)20/h3-7H,8H2,1-2H3,(H,22,23). The molecule has 0 aliphatic rings. The van der Waals surface area contributed by atoms with E-state index in [-0.39, 0.29) is 17.3 Å². The van der Waals surface area contributed by atoms with Crippen molar-refractivity contribution < 1.29 is 22.8 Å². The molecule has 0 aliphatic carbocycles. The van der Waals surface area contributed by atoms with Crippen LogP contribution >= 0.6 is 11.6 Å². The third-order valence-electron chi connectivity index (χ3n) is 3.47. The Morgan fingerprint density at radius 2 is 2.04 bits per heavy atom. The van der Waals surface area contributed by atoms with Gasteiger partial charge in [-0.15, -0.1) is 0 Å². The van der Waals surface area contributed by atoms with E-state index in [1.54, 1.807) is 19.1 Å². The molecule has 0 unspecified atom stereocenters. The van der Waals surface area contributed by atoms with Crippen LogP contribution in [0.1, 0.15) is 32.7 Å². The van der Waals surface area contributed by atoms with E-state index in [0.29, 0.717) is 11.8 Å². The smallest absolute Gasteiger partial charge is 0.267 e. The third kappa shape index (κ3) is 4.24. The molecular formula is C16H14ClF3N2O2. The molecular weight excluding hydrogens is 345 g/mol. The lowest BCUT2D eigenvalue weighted by Gasteiger charge is -2.11. The third-order valence-corrected chi connectivity index (χ3v) is 3.79. The first kappa shape index (κ1) is 18.2. The van der Waals surface area contributed by atoms with Crippen molar-refractivity contribution in [1.29, 1.82) is 0 Å². The topological polar surface area (TPSA) is 51.2 Å². The number of hydrogen-bond acceptors (Lipinski definition) is 3. The summed E-state index contributed by atoms with van der Waals surface area (Å²) in [5, 5.41) is -0.189. The summed E-state index contributed by atoms with van der Waals surface area (Å²) in [5.74, 6) is -0.459. The molecule has 8 heteroatoms. The molecule has 0 spiro atoms. The molecule has 0 aliphatic heterocycles. The number of rotatable bonds is 4. The Morgan fingerprint density at radius 3 is 2.67 bits per heavy atom. The van der Waals surface area contributed by atoms with Crippen molar-refractivity contribution in [3.63, 3.8) is 0 Å². The minimum Gasteiger partial charge on any atom is -0.267 e. The van der Waals surface area contributed by atoms with E-state index >= 15 is 0 Å². The molecule has 4 nitrogen and oxygen atoms in total. The van der Waals surface area contributed by atoms with Gasteiger partial charge in [-0.05, 0) is 37.1 Å². The first-order valence-electron chi connectivity index (χ1n) is 6.90. The number of hydrogen-bond donors (Lipinski definition) is 1. The van der Waals surface area contributed by atoms with E-state index in [9.17, 15) is 18.0 Å². The number of pyridine rings is 1. The molecule has 128 valence electrons. The van der Waals surface area contributed by atoms with Crippen molar-refractivity contribution in [2.75, 3.05) is 0 Å². The second kappa shape index (κ2) is 7.19. The number of aryl methyl sites for hydroxylation is 1. The molecule has 0 atom stereocenters. The fraction of sp³-hybridized carbons (Fsp3) is 0.250. The van der Waals surface area contributed by atoms with Crippen LogP contribution in [0.25, 0.3) is 0 Å². The molecule has 0 saturated heterocycles. The van der Waals surface area contributed by atoms with E-state index in [0.717, 1.165) is 17.2 Å². The number of nitrogens with one attached hydrogen (secondary N) is 1. The highest BCUT2D eigenvalue weighted by molar-refractivity contribution is 6.31. The second-order valence-corrected chi connectivity index (χ2v) is 5.52. The first-order valence-corrected chi connectivity index (χ1v) is 7.28. The predicted octanol–water partition coefficient (Wildman–Crippen LogP) is 4.23. The Labute approximate surface area is 141 Å². The summed E-state index contributed by atoms with van der Waals surface area (Å²) in [4.78, 5) is 20.7. The molecule has 1 aromatic carbocycles. The number of benzene rings is 1. The molecule has 24 heavy (non-hydrogen) atoms. The van der Waals surface area contributed by atoms with Gasteiger partial charge < -0.3 is 0 Å². The van der Waals surface area contributed by atoms with Crippen molar-refractivity contribution >= 4 is 17.5 Å². The SMILES string of the molecule is Cc1cccc(C(=O)NOCc2ncc(C(F)(F)F)cc2Cl)c1C. The van der Waals surface area contributed by atoms with Crippen molar-refractivity contribution in [2.24, 2.45) is 0 Å². The maximum atomic E-state index is 12.5. The Balaban J connectivity index is 1.99. The van der Waals surface area contributed by atoms with E-state index in [2.05, 4.69) is 10.5 Å². The average molecular weight is 359 g/mol. The number of aromatic nitrogens is 1. The molecule has 1 N–H and O–H groups in total. The molecule has 0 bridgehead atoms. The molecule has 0 fully saturated rings. The summed E-state index contributed by atoms with van der Waals surface area (Å²) in [6.07, 6.45) is -3.86. The molecule has 2 aromatic rings. The predicted molar refractivity (Wildman–Crippen MR) is 82.4 cm³/mol. The lowest BCUT2D eigenvalue weighted by molar-refractivity contribution is -0.137. The summed E-state index contributed by atoms with van der Waals surface area (Å²) in [7, 11) is 0. The van der Waals surface area contributed by atoms with Gasteiger partial charge in [-0.25, -0.2) is 5.48 Å². The van der Waals surface area contributed by atoms with E-state index < -0.39 is 17.6 Å². The zero-order valence-corrected chi connectivity index (χ0v) is 13.6. The number of halogens is 4. The Kier molecular flexibility index (Phi) is 5.46. The van der Waals surface area contributed by atoms with E-state index in [1.165, 1.54) is 0 Å². The van der Waals surface area contributed by atoms with Gasteiger partial charge in [0, 0.05) is 11.8 Å². The summed E-state index contributed by atoms with van der Waals surface area (Å²) in [6, 6.07) is 6.02. The van der Waals surface area contributed by atoms with Gasteiger partial charge >= 0.3 is 6.18 Å². The van der Waals surface area contributed by atoms with Gasteiger partial charge in [-0.3, -0.25) is 14.6 Å². The number of nitrogens with zero attached hydrogens (tertiary/aromatic N) is 1. The summed E-state index contributed by atoms with van der Waals surface area (Å²) >= 11 is 5.76. The minimum atomic E-state index is -4.52. The van der Waals surface area contributed by atoms with Gasteiger partial charge in [-0.1, -0.05) is 23.7 Å². The van der Waals surface area contributed by atoms with Crippen LogP contribution in [-0.4, -0.2) is 10.9 Å². The number of carbonyl (C=O) groups is 1. The fourth-order valence-electron chi connectivity index (χ4n) is 1.95. The number of hydroxylamine groups is 1. The highest BCUT2D eigenvalue weighted by atomic mass is 35.5. The van der Waals surface area contributed by atoms with Crippen LogP contribution in [0.2, 0.25) is 5.02 Å². The first-order chi connectivity index (χ1) is 11.2. The highest BCUT2D eigenvalue weighted by Crippen LogP contribution is 2.31. The molecule has 0 saturated carbocycles. The second-order valence-electron chi connectivity index (χ2n) is 5.12. The van der Waals surface area contributed by atoms with Crippen molar-refractivity contribution in [1.82, 2.24) is 10.5 Å². The van der Waals surface area contributed by atoms with Crippen LogP contribution in [-0.2, 0) is 17.6 Å². The van der Waals surface area contributed by atoms with Crippen LogP contribution < -0.4 is 5.48 Å². The van der Waals surface area contributed by atoms with Gasteiger partial charge in [0.05, 0.1) is 16.3 Å². The van der Waals surface area contributed by atoms with Crippen molar-refractivity contribution in [3.05, 3.63) is 63.4 Å². The Bertz CT molecular complexity index is 763. The quantitative estimate of drug-likeness (QED) is 0.832. The van der Waals surface area contributed by atoms with Crippen LogP contribution in [0.3, 0.4) is 0 Å². The summed E-state index contributed by atoms with van der Waals surface area (Å²) < 4.78 is 37.6. The van der Waals surface area contributed by atoms with Gasteiger partial charge in [0.1, 0.15) is 6.61 Å². The molecule has 2 rings (SSSR count). The monoisotopic (exact) mass is 358 g/mol. The number of carbonyl (C=O) groups excluding carboxylic acids is 1. The van der Waals surface area contributed by atoms with Crippen molar-refractivity contribution in [2.45, 2.75) is 26.6 Å². The van der Waals surface area contributed by atoms with Crippen LogP contribution in [0, 0.1) is 13.8 Å². The van der Waals surface area contributed by atoms with E-state index in [1.807, 2.05) is 13.0 Å². The Morgan fingerprint density at radius 1 is 1.33 bits per heavy atom. The molecule has 1 aromatic heterocycles. The van der Waals surface area contributed by atoms with Crippen LogP contribution in [0.5, 0.6) is 0 Å². The average Bonchev–Trinajstić information content (AvgIpc) is 2.50. The van der Waals surface area contributed by atoms with E-state index in [4.69, 9.17) is 16.4 Å². The Hall–Kier alpha value is -2.12. The van der Waals surface area contributed by atoms with Gasteiger partial charge in [0.25, 0.3) is 5.91 Å². The fourth-order valence-corrected chi connectivity index (χ4v) is 2.17. The minimum absolute atomic E-state index is 0.0888. The highest BCUT2D eigenvalue weighted by Gasteiger charge is 2.31. The summed E-state index contributed by atoms with van der Waals surface area (Å²) in [5.41, 5.74) is 3.58. The molecule has 1 heterocycles.